The van der Waals surface area contributed by atoms with Crippen molar-refractivity contribution in [3.05, 3.63) is 41.3 Å². The molecule has 1 aromatic heterocycles. The maximum Gasteiger partial charge on any atom is 0.120 e. The molecule has 0 atom stereocenters. The van der Waals surface area contributed by atoms with Crippen molar-refractivity contribution >= 4 is 11.6 Å². The fourth-order valence-corrected chi connectivity index (χ4v) is 1.81. The monoisotopic (exact) mass is 249 g/mol. The fourth-order valence-electron chi connectivity index (χ4n) is 1.57. The van der Waals surface area contributed by atoms with Crippen LogP contribution in [-0.4, -0.2) is 16.0 Å². The highest BCUT2D eigenvalue weighted by atomic mass is 35.5. The standard InChI is InChI=1S/C13H16ClN3/c1-9(2)15-8-13-16-7-12(17-13)10-5-3-4-6-11(10)14/h3-7,9,15H,8H2,1-2H3,(H,16,17). The first kappa shape index (κ1) is 12.1. The minimum atomic E-state index is 0.448. The summed E-state index contributed by atoms with van der Waals surface area (Å²) >= 11 is 6.13. The zero-order chi connectivity index (χ0) is 12.3. The molecule has 0 fully saturated rings. The van der Waals surface area contributed by atoms with Crippen molar-refractivity contribution in [2.75, 3.05) is 0 Å². The van der Waals surface area contributed by atoms with Gasteiger partial charge < -0.3 is 10.3 Å². The number of aromatic amines is 1. The van der Waals surface area contributed by atoms with Crippen molar-refractivity contribution in [2.24, 2.45) is 0 Å². The summed E-state index contributed by atoms with van der Waals surface area (Å²) in [5, 5.41) is 4.05. The average molecular weight is 250 g/mol. The Hall–Kier alpha value is -1.32. The van der Waals surface area contributed by atoms with E-state index in [0.717, 1.165) is 28.6 Å². The maximum absolute atomic E-state index is 6.13. The van der Waals surface area contributed by atoms with Gasteiger partial charge in [0.05, 0.1) is 18.4 Å². The smallest absolute Gasteiger partial charge is 0.120 e. The van der Waals surface area contributed by atoms with Gasteiger partial charge in [-0.05, 0) is 6.07 Å². The van der Waals surface area contributed by atoms with E-state index >= 15 is 0 Å². The molecular weight excluding hydrogens is 234 g/mol. The second-order valence-electron chi connectivity index (χ2n) is 4.26. The van der Waals surface area contributed by atoms with Crippen LogP contribution in [0.25, 0.3) is 11.3 Å². The van der Waals surface area contributed by atoms with E-state index in [1.165, 1.54) is 0 Å². The van der Waals surface area contributed by atoms with Gasteiger partial charge in [0.15, 0.2) is 0 Å². The molecule has 17 heavy (non-hydrogen) atoms. The first-order valence-corrected chi connectivity index (χ1v) is 6.07. The number of nitrogens with zero attached hydrogens (tertiary/aromatic N) is 1. The Morgan fingerprint density at radius 2 is 2.12 bits per heavy atom. The molecule has 0 aliphatic heterocycles. The van der Waals surface area contributed by atoms with Crippen molar-refractivity contribution in [3.63, 3.8) is 0 Å². The predicted molar refractivity (Wildman–Crippen MR) is 71.0 cm³/mol. The van der Waals surface area contributed by atoms with Crippen molar-refractivity contribution < 1.29 is 0 Å². The van der Waals surface area contributed by atoms with Gasteiger partial charge in [-0.1, -0.05) is 43.6 Å². The highest BCUT2D eigenvalue weighted by molar-refractivity contribution is 6.33. The Labute approximate surface area is 106 Å². The summed E-state index contributed by atoms with van der Waals surface area (Å²) in [6, 6.07) is 8.19. The Kier molecular flexibility index (Phi) is 3.82. The predicted octanol–water partition coefficient (Wildman–Crippen LogP) is 3.23. The molecule has 90 valence electrons. The molecule has 1 aromatic carbocycles. The van der Waals surface area contributed by atoms with E-state index in [4.69, 9.17) is 11.6 Å². The quantitative estimate of drug-likeness (QED) is 0.874. The van der Waals surface area contributed by atoms with Crippen LogP contribution in [0.3, 0.4) is 0 Å². The number of nitrogens with one attached hydrogen (secondary N) is 2. The number of hydrogen-bond donors (Lipinski definition) is 2. The van der Waals surface area contributed by atoms with Gasteiger partial charge in [0.1, 0.15) is 5.82 Å². The lowest BCUT2D eigenvalue weighted by molar-refractivity contribution is 0.575. The van der Waals surface area contributed by atoms with Crippen molar-refractivity contribution in [1.82, 2.24) is 15.3 Å². The van der Waals surface area contributed by atoms with Gasteiger partial charge in [0, 0.05) is 16.6 Å². The minimum absolute atomic E-state index is 0.448. The Bertz CT molecular complexity index is 491. The molecule has 0 radical (unpaired) electrons. The molecule has 0 spiro atoms. The summed E-state index contributed by atoms with van der Waals surface area (Å²) in [6.07, 6.45) is 1.82. The van der Waals surface area contributed by atoms with Crippen LogP contribution in [0.1, 0.15) is 19.7 Å². The number of benzene rings is 1. The molecule has 2 rings (SSSR count). The molecule has 0 bridgehead atoms. The number of aromatic nitrogens is 2. The van der Waals surface area contributed by atoms with Gasteiger partial charge in [0.25, 0.3) is 0 Å². The third-order valence-corrected chi connectivity index (χ3v) is 2.80. The van der Waals surface area contributed by atoms with Gasteiger partial charge in [-0.15, -0.1) is 0 Å². The molecular formula is C13H16ClN3. The van der Waals surface area contributed by atoms with Crippen LogP contribution in [0.15, 0.2) is 30.5 Å². The number of hydrogen-bond acceptors (Lipinski definition) is 2. The molecule has 3 nitrogen and oxygen atoms in total. The average Bonchev–Trinajstić information content (AvgIpc) is 2.75. The molecule has 0 saturated carbocycles. The van der Waals surface area contributed by atoms with Crippen LogP contribution in [0.4, 0.5) is 0 Å². The number of rotatable bonds is 4. The lowest BCUT2D eigenvalue weighted by atomic mass is 10.2. The molecule has 2 aromatic rings. The lowest BCUT2D eigenvalue weighted by Gasteiger charge is -2.05. The number of halogens is 1. The second-order valence-corrected chi connectivity index (χ2v) is 4.67. The highest BCUT2D eigenvalue weighted by Crippen LogP contribution is 2.25. The van der Waals surface area contributed by atoms with Gasteiger partial charge in [-0.2, -0.15) is 0 Å². The molecule has 0 unspecified atom stereocenters. The van der Waals surface area contributed by atoms with Gasteiger partial charge >= 0.3 is 0 Å². The maximum atomic E-state index is 6.13. The topological polar surface area (TPSA) is 40.7 Å². The Morgan fingerprint density at radius 1 is 1.35 bits per heavy atom. The van der Waals surface area contributed by atoms with Crippen molar-refractivity contribution in [2.45, 2.75) is 26.4 Å². The highest BCUT2D eigenvalue weighted by Gasteiger charge is 2.06. The van der Waals surface area contributed by atoms with Crippen LogP contribution in [-0.2, 0) is 6.54 Å². The summed E-state index contributed by atoms with van der Waals surface area (Å²) in [5.74, 6) is 0.925. The van der Waals surface area contributed by atoms with E-state index < -0.39 is 0 Å². The summed E-state index contributed by atoms with van der Waals surface area (Å²) in [5.41, 5.74) is 1.94. The molecule has 0 aliphatic rings. The second kappa shape index (κ2) is 5.34. The molecule has 2 N–H and O–H groups in total. The lowest BCUT2D eigenvalue weighted by Crippen LogP contribution is -2.22. The third kappa shape index (κ3) is 3.08. The van der Waals surface area contributed by atoms with E-state index in [-0.39, 0.29) is 0 Å². The van der Waals surface area contributed by atoms with E-state index in [0.29, 0.717) is 6.04 Å². The SMILES string of the molecule is CC(C)NCc1ncc(-c2ccccc2Cl)[nH]1. The first-order valence-electron chi connectivity index (χ1n) is 5.69. The minimum Gasteiger partial charge on any atom is -0.341 e. The van der Waals surface area contributed by atoms with Crippen LogP contribution >= 0.6 is 11.6 Å². The van der Waals surface area contributed by atoms with Gasteiger partial charge in [-0.25, -0.2) is 4.98 Å². The van der Waals surface area contributed by atoms with Crippen LogP contribution in [0.2, 0.25) is 5.02 Å². The number of H-pyrrole nitrogens is 1. The normalized spacial score (nSPS) is 11.1. The van der Waals surface area contributed by atoms with E-state index in [9.17, 15) is 0 Å². The van der Waals surface area contributed by atoms with Crippen molar-refractivity contribution in [1.29, 1.82) is 0 Å². The van der Waals surface area contributed by atoms with E-state index in [1.54, 1.807) is 0 Å². The zero-order valence-corrected chi connectivity index (χ0v) is 10.8. The number of imidazole rings is 1. The summed E-state index contributed by atoms with van der Waals surface area (Å²) in [4.78, 5) is 7.60. The first-order chi connectivity index (χ1) is 8.16. The summed E-state index contributed by atoms with van der Waals surface area (Å²) in [7, 11) is 0. The fraction of sp³-hybridized carbons (Fsp3) is 0.308. The van der Waals surface area contributed by atoms with E-state index in [2.05, 4.69) is 29.1 Å². The van der Waals surface area contributed by atoms with Crippen molar-refractivity contribution in [3.8, 4) is 11.3 Å². The Morgan fingerprint density at radius 3 is 2.82 bits per heavy atom. The van der Waals surface area contributed by atoms with Crippen LogP contribution in [0, 0.1) is 0 Å². The summed E-state index contributed by atoms with van der Waals surface area (Å²) < 4.78 is 0. The molecule has 1 heterocycles. The zero-order valence-electron chi connectivity index (χ0n) is 10.00. The van der Waals surface area contributed by atoms with Gasteiger partial charge in [0.2, 0.25) is 0 Å². The van der Waals surface area contributed by atoms with Gasteiger partial charge in [-0.3, -0.25) is 0 Å². The molecule has 0 amide bonds. The molecule has 4 heteroatoms. The summed E-state index contributed by atoms with van der Waals surface area (Å²) in [6.45, 7) is 4.96. The van der Waals surface area contributed by atoms with Crippen LogP contribution in [0.5, 0.6) is 0 Å². The third-order valence-electron chi connectivity index (χ3n) is 2.47. The molecule has 0 aliphatic carbocycles. The largest absolute Gasteiger partial charge is 0.341 e. The Balaban J connectivity index is 2.16. The van der Waals surface area contributed by atoms with Crippen LogP contribution < -0.4 is 5.32 Å². The molecule has 0 saturated heterocycles. The van der Waals surface area contributed by atoms with E-state index in [1.807, 2.05) is 30.5 Å².